The van der Waals surface area contributed by atoms with Crippen LogP contribution in [0.3, 0.4) is 0 Å². The second-order valence-corrected chi connectivity index (χ2v) is 7.01. The lowest BCUT2D eigenvalue weighted by molar-refractivity contribution is 0.278. The van der Waals surface area contributed by atoms with Crippen LogP contribution in [0.4, 0.5) is 0 Å². The molecule has 0 aromatic heterocycles. The molecule has 112 valence electrons. The van der Waals surface area contributed by atoms with E-state index in [4.69, 9.17) is 9.47 Å². The number of ether oxygens (including phenoxy) is 2. The molecule has 0 N–H and O–H groups in total. The molecule has 0 aliphatic carbocycles. The van der Waals surface area contributed by atoms with Crippen LogP contribution in [0.5, 0.6) is 0 Å². The number of nitrogens with zero attached hydrogens (tertiary/aromatic N) is 2. The highest BCUT2D eigenvalue weighted by molar-refractivity contribution is 6.03. The van der Waals surface area contributed by atoms with Gasteiger partial charge in [-0.05, 0) is 52.3 Å². The van der Waals surface area contributed by atoms with Crippen molar-refractivity contribution < 1.29 is 9.47 Å². The van der Waals surface area contributed by atoms with Crippen LogP contribution in [-0.2, 0) is 9.47 Å². The fraction of sp³-hybridized carbons (Fsp3) is 0.529. The molecule has 0 fully saturated rings. The summed E-state index contributed by atoms with van der Waals surface area (Å²) in [4.78, 5) is 9.32. The van der Waals surface area contributed by atoms with Crippen LogP contribution >= 0.6 is 0 Å². The standard InChI is InChI=1S/C17H22N2O2/c1-11-12(14-18-16(2,3)9-20-14)7-6-8-13(11)15-19-17(4,5)10-21-15/h6-8H,9-10H2,1-5H3. The summed E-state index contributed by atoms with van der Waals surface area (Å²) >= 11 is 0. The van der Waals surface area contributed by atoms with Crippen LogP contribution in [0.1, 0.15) is 44.4 Å². The van der Waals surface area contributed by atoms with Gasteiger partial charge in [0.1, 0.15) is 13.2 Å². The molecule has 2 heterocycles. The van der Waals surface area contributed by atoms with Crippen molar-refractivity contribution in [3.63, 3.8) is 0 Å². The van der Waals surface area contributed by atoms with E-state index in [9.17, 15) is 0 Å². The largest absolute Gasteiger partial charge is 0.475 e. The minimum atomic E-state index is -0.152. The maximum atomic E-state index is 5.76. The molecule has 0 saturated heterocycles. The van der Waals surface area contributed by atoms with Gasteiger partial charge in [-0.25, -0.2) is 9.98 Å². The van der Waals surface area contributed by atoms with Gasteiger partial charge >= 0.3 is 0 Å². The number of hydrogen-bond donors (Lipinski definition) is 0. The Hall–Kier alpha value is -1.84. The molecule has 0 saturated carbocycles. The molecule has 1 aromatic rings. The van der Waals surface area contributed by atoms with Gasteiger partial charge in [0.2, 0.25) is 11.8 Å². The predicted octanol–water partition coefficient (Wildman–Crippen LogP) is 3.11. The first-order valence-electron chi connectivity index (χ1n) is 7.33. The van der Waals surface area contributed by atoms with E-state index in [2.05, 4.69) is 44.6 Å². The first kappa shape index (κ1) is 14.1. The molecule has 0 spiro atoms. The quantitative estimate of drug-likeness (QED) is 0.838. The Balaban J connectivity index is 2.01. The maximum absolute atomic E-state index is 5.76. The highest BCUT2D eigenvalue weighted by atomic mass is 16.5. The van der Waals surface area contributed by atoms with Gasteiger partial charge in [-0.1, -0.05) is 6.07 Å². The summed E-state index contributed by atoms with van der Waals surface area (Å²) in [6.45, 7) is 11.6. The fourth-order valence-corrected chi connectivity index (χ4v) is 2.54. The van der Waals surface area contributed by atoms with Gasteiger partial charge in [-0.15, -0.1) is 0 Å². The van der Waals surface area contributed by atoms with Gasteiger partial charge in [0, 0.05) is 11.1 Å². The number of hydrogen-bond acceptors (Lipinski definition) is 4. The molecule has 2 aliphatic rings. The number of rotatable bonds is 2. The molecular formula is C17H22N2O2. The molecule has 2 aliphatic heterocycles. The summed E-state index contributed by atoms with van der Waals surface area (Å²) in [5.41, 5.74) is 2.84. The van der Waals surface area contributed by atoms with E-state index in [1.54, 1.807) is 0 Å². The molecule has 0 unspecified atom stereocenters. The maximum Gasteiger partial charge on any atom is 0.217 e. The molecule has 0 bridgehead atoms. The third-order valence-corrected chi connectivity index (χ3v) is 3.73. The van der Waals surface area contributed by atoms with E-state index < -0.39 is 0 Å². The van der Waals surface area contributed by atoms with Crippen LogP contribution in [0.15, 0.2) is 28.2 Å². The monoisotopic (exact) mass is 286 g/mol. The minimum absolute atomic E-state index is 0.152. The number of benzene rings is 1. The van der Waals surface area contributed by atoms with Crippen molar-refractivity contribution in [2.24, 2.45) is 9.98 Å². The SMILES string of the molecule is Cc1c(C2=NC(C)(C)CO2)cccc1C1=NC(C)(C)CO1. The van der Waals surface area contributed by atoms with Crippen molar-refractivity contribution in [3.8, 4) is 0 Å². The Morgan fingerprint density at radius 1 is 0.857 bits per heavy atom. The third-order valence-electron chi connectivity index (χ3n) is 3.73. The van der Waals surface area contributed by atoms with Crippen molar-refractivity contribution in [1.82, 2.24) is 0 Å². The van der Waals surface area contributed by atoms with E-state index >= 15 is 0 Å². The van der Waals surface area contributed by atoms with Crippen molar-refractivity contribution in [2.45, 2.75) is 45.7 Å². The zero-order valence-corrected chi connectivity index (χ0v) is 13.4. The highest BCUT2D eigenvalue weighted by Crippen LogP contribution is 2.27. The summed E-state index contributed by atoms with van der Waals surface area (Å²) in [6.07, 6.45) is 0. The van der Waals surface area contributed by atoms with Crippen LogP contribution in [0.2, 0.25) is 0 Å². The lowest BCUT2D eigenvalue weighted by Crippen LogP contribution is -2.17. The molecule has 0 atom stereocenters. The highest BCUT2D eigenvalue weighted by Gasteiger charge is 2.31. The Morgan fingerprint density at radius 2 is 1.29 bits per heavy atom. The lowest BCUT2D eigenvalue weighted by Gasteiger charge is -2.10. The van der Waals surface area contributed by atoms with Gasteiger partial charge in [-0.3, -0.25) is 0 Å². The first-order chi connectivity index (χ1) is 9.77. The van der Waals surface area contributed by atoms with E-state index in [0.717, 1.165) is 28.5 Å². The fourth-order valence-electron chi connectivity index (χ4n) is 2.54. The predicted molar refractivity (Wildman–Crippen MR) is 84.3 cm³/mol. The molecule has 1 aromatic carbocycles. The normalized spacial score (nSPS) is 22.3. The van der Waals surface area contributed by atoms with E-state index in [1.165, 1.54) is 0 Å². The van der Waals surface area contributed by atoms with Gasteiger partial charge in [0.05, 0.1) is 11.1 Å². The Morgan fingerprint density at radius 3 is 1.62 bits per heavy atom. The average Bonchev–Trinajstić information content (AvgIpc) is 2.92. The van der Waals surface area contributed by atoms with Crippen molar-refractivity contribution in [2.75, 3.05) is 13.2 Å². The summed E-state index contributed by atoms with van der Waals surface area (Å²) in [6, 6.07) is 6.09. The zero-order valence-electron chi connectivity index (χ0n) is 13.4. The second-order valence-electron chi connectivity index (χ2n) is 7.01. The Bertz CT molecular complexity index is 590. The minimum Gasteiger partial charge on any atom is -0.475 e. The van der Waals surface area contributed by atoms with Gasteiger partial charge in [0.15, 0.2) is 0 Å². The Labute approximate surface area is 125 Å². The molecular weight excluding hydrogens is 264 g/mol. The summed E-state index contributed by atoms with van der Waals surface area (Å²) in [5, 5.41) is 0. The van der Waals surface area contributed by atoms with Crippen LogP contribution in [0, 0.1) is 6.92 Å². The molecule has 3 rings (SSSR count). The topological polar surface area (TPSA) is 43.2 Å². The summed E-state index contributed by atoms with van der Waals surface area (Å²) in [5.74, 6) is 1.44. The molecule has 21 heavy (non-hydrogen) atoms. The molecule has 4 nitrogen and oxygen atoms in total. The van der Waals surface area contributed by atoms with E-state index in [-0.39, 0.29) is 11.1 Å². The van der Waals surface area contributed by atoms with Gasteiger partial charge < -0.3 is 9.47 Å². The summed E-state index contributed by atoms with van der Waals surface area (Å²) < 4.78 is 11.5. The zero-order chi connectivity index (χ0) is 15.3. The van der Waals surface area contributed by atoms with E-state index in [0.29, 0.717) is 13.2 Å². The van der Waals surface area contributed by atoms with Crippen LogP contribution in [0.25, 0.3) is 0 Å². The van der Waals surface area contributed by atoms with Crippen LogP contribution < -0.4 is 0 Å². The first-order valence-corrected chi connectivity index (χ1v) is 7.33. The van der Waals surface area contributed by atoms with Crippen LogP contribution in [-0.4, -0.2) is 36.1 Å². The molecule has 0 radical (unpaired) electrons. The van der Waals surface area contributed by atoms with Gasteiger partial charge in [-0.2, -0.15) is 0 Å². The molecule has 4 heteroatoms. The second kappa shape index (κ2) is 4.58. The van der Waals surface area contributed by atoms with Crippen molar-refractivity contribution in [1.29, 1.82) is 0 Å². The summed E-state index contributed by atoms with van der Waals surface area (Å²) in [7, 11) is 0. The van der Waals surface area contributed by atoms with Gasteiger partial charge in [0.25, 0.3) is 0 Å². The van der Waals surface area contributed by atoms with Crippen molar-refractivity contribution in [3.05, 3.63) is 34.9 Å². The van der Waals surface area contributed by atoms with Crippen molar-refractivity contribution >= 4 is 11.8 Å². The van der Waals surface area contributed by atoms with E-state index in [1.807, 2.05) is 18.2 Å². The Kier molecular flexibility index (Phi) is 3.08. The average molecular weight is 286 g/mol. The third kappa shape index (κ3) is 2.67. The lowest BCUT2D eigenvalue weighted by atomic mass is 10.0. The molecule has 0 amide bonds. The smallest absolute Gasteiger partial charge is 0.217 e. The number of aliphatic imine (C=N–C) groups is 2.